The molecule has 0 fully saturated rings. The molecular weight excluding hydrogens is 378 g/mol. The predicted molar refractivity (Wildman–Crippen MR) is 129 cm³/mol. The highest BCUT2D eigenvalue weighted by Gasteiger charge is 2.07. The first-order valence-electron chi connectivity index (χ1n) is 9.84. The van der Waals surface area contributed by atoms with Crippen LogP contribution >= 0.6 is 11.8 Å². The van der Waals surface area contributed by atoms with E-state index in [2.05, 4.69) is 72.6 Å². The van der Waals surface area contributed by atoms with Crippen molar-refractivity contribution in [2.45, 2.75) is 6.92 Å². The van der Waals surface area contributed by atoms with Gasteiger partial charge in [0.1, 0.15) is 0 Å². The third kappa shape index (κ3) is 7.11. The molecule has 0 aliphatic carbocycles. The molecular formula is C24H32N3OS+. The molecule has 2 N–H and O–H groups in total. The van der Waals surface area contributed by atoms with E-state index in [9.17, 15) is 4.79 Å². The lowest BCUT2D eigenvalue weighted by molar-refractivity contribution is -0.556. The van der Waals surface area contributed by atoms with Crippen LogP contribution in [0.3, 0.4) is 0 Å². The maximum atomic E-state index is 11.7. The zero-order valence-corrected chi connectivity index (χ0v) is 18.9. The lowest BCUT2D eigenvalue weighted by Gasteiger charge is -2.20. The van der Waals surface area contributed by atoms with Crippen LogP contribution in [-0.2, 0) is 0 Å². The number of fused-ring (bicyclic) bond motifs is 1. The molecule has 0 unspecified atom stereocenters. The molecule has 0 aliphatic rings. The number of benzene rings is 2. The standard InChI is InChI=1S/C24H31N3OS/c1-6-19(13-14-25-2)7-8-20-9-10-22-18-23(12-11-21(22)17-20)27(5)15-16-29-24(28)26(3)4/h6-14,17-18,25H,15-16H2,1-5H3/p+1/b8-7+,14-13-,19-6-. The second-order valence-electron chi connectivity index (χ2n) is 7.04. The zero-order valence-electron chi connectivity index (χ0n) is 18.1. The lowest BCUT2D eigenvalue weighted by Crippen LogP contribution is -2.72. The number of amides is 1. The van der Waals surface area contributed by atoms with Crippen LogP contribution in [-0.4, -0.2) is 50.6 Å². The Morgan fingerprint density at radius 3 is 2.48 bits per heavy atom. The van der Waals surface area contributed by atoms with E-state index >= 15 is 0 Å². The molecule has 0 aliphatic heterocycles. The Kier molecular flexibility index (Phi) is 9.03. The highest BCUT2D eigenvalue weighted by atomic mass is 32.2. The second-order valence-corrected chi connectivity index (χ2v) is 8.08. The fourth-order valence-electron chi connectivity index (χ4n) is 2.77. The van der Waals surface area contributed by atoms with E-state index in [1.165, 1.54) is 33.7 Å². The largest absolute Gasteiger partial charge is 0.374 e. The van der Waals surface area contributed by atoms with Gasteiger partial charge in [-0.2, -0.15) is 0 Å². The first-order valence-corrected chi connectivity index (χ1v) is 10.8. The minimum absolute atomic E-state index is 0.0990. The SMILES string of the molecule is C/C=C(\C=C/[NH2+]C)/C=C/c1ccc2cc(N(C)CCSC(=O)N(C)C)ccc2c1. The topological polar surface area (TPSA) is 40.2 Å². The van der Waals surface area contributed by atoms with Crippen molar-refractivity contribution in [1.82, 2.24) is 4.90 Å². The molecule has 0 atom stereocenters. The van der Waals surface area contributed by atoms with Gasteiger partial charge in [-0.3, -0.25) is 4.79 Å². The van der Waals surface area contributed by atoms with Gasteiger partial charge in [0.25, 0.3) is 5.24 Å². The summed E-state index contributed by atoms with van der Waals surface area (Å²) in [6.45, 7) is 2.87. The van der Waals surface area contributed by atoms with Crippen molar-refractivity contribution < 1.29 is 10.1 Å². The van der Waals surface area contributed by atoms with Gasteiger partial charge in [0.05, 0.1) is 13.2 Å². The molecule has 29 heavy (non-hydrogen) atoms. The number of quaternary nitrogens is 1. The van der Waals surface area contributed by atoms with Gasteiger partial charge < -0.3 is 15.1 Å². The van der Waals surface area contributed by atoms with Crippen LogP contribution in [0.2, 0.25) is 0 Å². The minimum Gasteiger partial charge on any atom is -0.374 e. The summed E-state index contributed by atoms with van der Waals surface area (Å²) in [6, 6.07) is 13.0. The average Bonchev–Trinajstić information content (AvgIpc) is 2.73. The summed E-state index contributed by atoms with van der Waals surface area (Å²) in [7, 11) is 7.65. The molecule has 0 bridgehead atoms. The number of carbonyl (C=O) groups is 1. The number of rotatable bonds is 8. The van der Waals surface area contributed by atoms with Gasteiger partial charge in [0.15, 0.2) is 0 Å². The fraction of sp³-hybridized carbons (Fsp3) is 0.292. The van der Waals surface area contributed by atoms with Crippen LogP contribution in [0.4, 0.5) is 10.5 Å². The van der Waals surface area contributed by atoms with E-state index in [0.29, 0.717) is 0 Å². The van der Waals surface area contributed by atoms with Crippen LogP contribution in [0.1, 0.15) is 12.5 Å². The van der Waals surface area contributed by atoms with E-state index in [1.54, 1.807) is 19.0 Å². The number of carbonyl (C=O) groups excluding carboxylic acids is 1. The van der Waals surface area contributed by atoms with Crippen molar-refractivity contribution >= 4 is 39.5 Å². The molecule has 0 heterocycles. The lowest BCUT2D eigenvalue weighted by atomic mass is 10.0. The summed E-state index contributed by atoms with van der Waals surface area (Å²) in [5, 5.41) is 4.57. The Morgan fingerprint density at radius 1 is 1.07 bits per heavy atom. The number of allylic oxidation sites excluding steroid dienone is 4. The van der Waals surface area contributed by atoms with E-state index in [4.69, 9.17) is 0 Å². The van der Waals surface area contributed by atoms with Crippen molar-refractivity contribution in [3.05, 3.63) is 72.0 Å². The average molecular weight is 411 g/mol. The summed E-state index contributed by atoms with van der Waals surface area (Å²) in [6.07, 6.45) is 10.5. The van der Waals surface area contributed by atoms with E-state index in [0.717, 1.165) is 18.0 Å². The van der Waals surface area contributed by atoms with Crippen LogP contribution in [0.15, 0.2) is 66.4 Å². The second kappa shape index (κ2) is 11.5. The van der Waals surface area contributed by atoms with Crippen LogP contribution in [0, 0.1) is 0 Å². The number of nitrogens with zero attached hydrogens (tertiary/aromatic N) is 2. The Labute approximate surface area is 179 Å². The molecule has 5 heteroatoms. The number of nitrogens with two attached hydrogens (primary N) is 1. The van der Waals surface area contributed by atoms with Gasteiger partial charge in [0.2, 0.25) is 0 Å². The maximum absolute atomic E-state index is 11.7. The molecule has 0 saturated heterocycles. The van der Waals surface area contributed by atoms with Crippen molar-refractivity contribution in [1.29, 1.82) is 0 Å². The fourth-order valence-corrected chi connectivity index (χ4v) is 3.57. The number of hydrogen-bond donors (Lipinski definition) is 1. The van der Waals surface area contributed by atoms with Crippen molar-refractivity contribution in [2.24, 2.45) is 0 Å². The van der Waals surface area contributed by atoms with Gasteiger partial charge in [-0.15, -0.1) is 0 Å². The molecule has 2 aromatic rings. The van der Waals surface area contributed by atoms with Gasteiger partial charge in [-0.25, -0.2) is 0 Å². The number of anilines is 1. The summed E-state index contributed by atoms with van der Waals surface area (Å²) < 4.78 is 0. The molecule has 4 nitrogen and oxygen atoms in total. The predicted octanol–water partition coefficient (Wildman–Crippen LogP) is 4.36. The smallest absolute Gasteiger partial charge is 0.281 e. The monoisotopic (exact) mass is 410 g/mol. The first-order chi connectivity index (χ1) is 13.9. The maximum Gasteiger partial charge on any atom is 0.281 e. The zero-order chi connectivity index (χ0) is 21.2. The number of hydrogen-bond acceptors (Lipinski definition) is 3. The molecule has 0 saturated carbocycles. The molecule has 2 rings (SSSR count). The van der Waals surface area contributed by atoms with Crippen LogP contribution in [0.5, 0.6) is 0 Å². The van der Waals surface area contributed by atoms with Crippen molar-refractivity contribution in [3.8, 4) is 0 Å². The van der Waals surface area contributed by atoms with Crippen molar-refractivity contribution in [3.63, 3.8) is 0 Å². The van der Waals surface area contributed by atoms with Crippen LogP contribution in [0.25, 0.3) is 16.8 Å². The Balaban J connectivity index is 2.06. The van der Waals surface area contributed by atoms with Crippen molar-refractivity contribution in [2.75, 3.05) is 45.4 Å². The van der Waals surface area contributed by atoms with Gasteiger partial charge in [-0.05, 0) is 53.1 Å². The molecule has 0 spiro atoms. The Bertz CT molecular complexity index is 915. The summed E-state index contributed by atoms with van der Waals surface area (Å²) in [5.41, 5.74) is 3.53. The summed E-state index contributed by atoms with van der Waals surface area (Å²) >= 11 is 1.35. The van der Waals surface area contributed by atoms with Crippen LogP contribution < -0.4 is 10.2 Å². The summed E-state index contributed by atoms with van der Waals surface area (Å²) in [4.78, 5) is 15.5. The quantitative estimate of drug-likeness (QED) is 0.658. The minimum atomic E-state index is 0.0990. The van der Waals surface area contributed by atoms with E-state index in [-0.39, 0.29) is 5.24 Å². The highest BCUT2D eigenvalue weighted by Crippen LogP contribution is 2.24. The molecule has 0 radical (unpaired) electrons. The van der Waals surface area contributed by atoms with E-state index < -0.39 is 0 Å². The third-order valence-electron chi connectivity index (χ3n) is 4.59. The first kappa shape index (κ1) is 22.8. The number of thioether (sulfide) groups is 1. The summed E-state index contributed by atoms with van der Waals surface area (Å²) in [5.74, 6) is 0.771. The molecule has 154 valence electrons. The third-order valence-corrected chi connectivity index (χ3v) is 5.59. The van der Waals surface area contributed by atoms with E-state index in [1.807, 2.05) is 25.5 Å². The van der Waals surface area contributed by atoms with Gasteiger partial charge in [-0.1, -0.05) is 48.2 Å². The Hall–Kier alpha value is -2.50. The molecule has 1 amide bonds. The molecule has 0 aromatic heterocycles. The normalized spacial score (nSPS) is 12.2. The van der Waals surface area contributed by atoms with Gasteiger partial charge >= 0.3 is 0 Å². The van der Waals surface area contributed by atoms with Gasteiger partial charge in [0, 0.05) is 39.1 Å². The Morgan fingerprint density at radius 2 is 1.79 bits per heavy atom. The molecule has 2 aromatic carbocycles. The highest BCUT2D eigenvalue weighted by molar-refractivity contribution is 8.13.